The third-order valence-electron chi connectivity index (χ3n) is 2.85. The van der Waals surface area contributed by atoms with Gasteiger partial charge in [-0.15, -0.1) is 0 Å². The van der Waals surface area contributed by atoms with E-state index in [0.717, 1.165) is 32.3 Å². The summed E-state index contributed by atoms with van der Waals surface area (Å²) in [6.45, 7) is 5.68. The van der Waals surface area contributed by atoms with Gasteiger partial charge in [-0.1, -0.05) is 13.8 Å². The summed E-state index contributed by atoms with van der Waals surface area (Å²) >= 11 is 0. The van der Waals surface area contributed by atoms with Crippen molar-refractivity contribution in [3.8, 4) is 0 Å². The first-order chi connectivity index (χ1) is 7.59. The fourth-order valence-corrected chi connectivity index (χ4v) is 1.97. The van der Waals surface area contributed by atoms with Crippen LogP contribution in [0.3, 0.4) is 0 Å². The number of rotatable bonds is 6. The minimum atomic E-state index is -0.371. The van der Waals surface area contributed by atoms with Gasteiger partial charge in [0.2, 0.25) is 5.91 Å². The van der Waals surface area contributed by atoms with Crippen LogP contribution in [0.15, 0.2) is 0 Å². The van der Waals surface area contributed by atoms with Crippen molar-refractivity contribution in [3.05, 3.63) is 0 Å². The van der Waals surface area contributed by atoms with Crippen molar-refractivity contribution >= 4 is 5.91 Å². The topological polar surface area (TPSA) is 64.4 Å². The quantitative estimate of drug-likeness (QED) is 0.714. The summed E-state index contributed by atoms with van der Waals surface area (Å²) in [4.78, 5) is 11.6. The van der Waals surface area contributed by atoms with Crippen molar-refractivity contribution < 1.29 is 9.53 Å². The van der Waals surface area contributed by atoms with Gasteiger partial charge in [-0.3, -0.25) is 4.79 Å². The summed E-state index contributed by atoms with van der Waals surface area (Å²) in [5.41, 5.74) is 5.77. The molecule has 0 bridgehead atoms. The van der Waals surface area contributed by atoms with Crippen LogP contribution in [0.2, 0.25) is 0 Å². The smallest absolute Gasteiger partial charge is 0.236 e. The second-order valence-corrected chi connectivity index (χ2v) is 4.95. The standard InChI is InChI=1S/C12H24N2O2/c1-9(2)8-11(13)12(15)14-6-5-10-4-3-7-16-10/h9-11H,3-8,13H2,1-2H3,(H,14,15)/t10?,11-/m0/s1. The van der Waals surface area contributed by atoms with Crippen molar-refractivity contribution in [1.29, 1.82) is 0 Å². The molecule has 0 aromatic heterocycles. The van der Waals surface area contributed by atoms with Crippen molar-refractivity contribution in [2.75, 3.05) is 13.2 Å². The predicted molar refractivity (Wildman–Crippen MR) is 64.0 cm³/mol. The first kappa shape index (κ1) is 13.5. The number of amides is 1. The summed E-state index contributed by atoms with van der Waals surface area (Å²) in [6, 6.07) is -0.371. The van der Waals surface area contributed by atoms with Gasteiger partial charge < -0.3 is 15.8 Å². The first-order valence-corrected chi connectivity index (χ1v) is 6.24. The fraction of sp³-hybridized carbons (Fsp3) is 0.917. The first-order valence-electron chi connectivity index (χ1n) is 6.24. The van der Waals surface area contributed by atoms with E-state index in [2.05, 4.69) is 19.2 Å². The molecule has 3 N–H and O–H groups in total. The van der Waals surface area contributed by atoms with Crippen LogP contribution >= 0.6 is 0 Å². The Balaban J connectivity index is 2.09. The van der Waals surface area contributed by atoms with E-state index in [9.17, 15) is 4.79 Å². The Morgan fingerprint density at radius 2 is 2.31 bits per heavy atom. The number of carbonyl (C=O) groups excluding carboxylic acids is 1. The van der Waals surface area contributed by atoms with Crippen LogP contribution in [-0.2, 0) is 9.53 Å². The van der Waals surface area contributed by atoms with Gasteiger partial charge in [0.25, 0.3) is 0 Å². The van der Waals surface area contributed by atoms with Crippen molar-refractivity contribution in [3.63, 3.8) is 0 Å². The van der Waals surface area contributed by atoms with Crippen LogP contribution in [0.25, 0.3) is 0 Å². The van der Waals surface area contributed by atoms with Crippen LogP contribution in [0.5, 0.6) is 0 Å². The number of hydrogen-bond acceptors (Lipinski definition) is 3. The molecule has 94 valence electrons. The molecule has 1 fully saturated rings. The highest BCUT2D eigenvalue weighted by molar-refractivity contribution is 5.81. The molecule has 1 rings (SSSR count). The molecule has 0 saturated carbocycles. The second kappa shape index (κ2) is 6.86. The average molecular weight is 228 g/mol. The van der Waals surface area contributed by atoms with E-state index in [-0.39, 0.29) is 11.9 Å². The molecule has 0 aromatic rings. The zero-order valence-electron chi connectivity index (χ0n) is 10.4. The van der Waals surface area contributed by atoms with Crippen LogP contribution in [0, 0.1) is 5.92 Å². The highest BCUT2D eigenvalue weighted by Crippen LogP contribution is 2.14. The minimum Gasteiger partial charge on any atom is -0.378 e. The molecule has 0 aliphatic carbocycles. The molecule has 4 heteroatoms. The van der Waals surface area contributed by atoms with Gasteiger partial charge >= 0.3 is 0 Å². The number of ether oxygens (including phenoxy) is 1. The van der Waals surface area contributed by atoms with Crippen LogP contribution in [-0.4, -0.2) is 31.2 Å². The lowest BCUT2D eigenvalue weighted by atomic mass is 10.0. The highest BCUT2D eigenvalue weighted by Gasteiger charge is 2.17. The largest absolute Gasteiger partial charge is 0.378 e. The Morgan fingerprint density at radius 3 is 2.88 bits per heavy atom. The summed E-state index contributed by atoms with van der Waals surface area (Å²) in [5.74, 6) is 0.422. The Labute approximate surface area is 97.9 Å². The van der Waals surface area contributed by atoms with Crippen molar-refractivity contribution in [2.45, 2.75) is 51.7 Å². The molecular formula is C12H24N2O2. The molecule has 1 saturated heterocycles. The van der Waals surface area contributed by atoms with E-state index in [1.165, 1.54) is 0 Å². The van der Waals surface area contributed by atoms with Crippen LogP contribution in [0.1, 0.15) is 39.5 Å². The fourth-order valence-electron chi connectivity index (χ4n) is 1.97. The third kappa shape index (κ3) is 4.94. The van der Waals surface area contributed by atoms with Crippen LogP contribution < -0.4 is 11.1 Å². The van der Waals surface area contributed by atoms with Gasteiger partial charge in [-0.05, 0) is 31.6 Å². The molecule has 1 aliphatic rings. The van der Waals surface area contributed by atoms with Crippen LogP contribution in [0.4, 0.5) is 0 Å². The monoisotopic (exact) mass is 228 g/mol. The lowest BCUT2D eigenvalue weighted by Crippen LogP contribution is -2.42. The van der Waals surface area contributed by atoms with Crippen molar-refractivity contribution in [1.82, 2.24) is 5.32 Å². The maximum absolute atomic E-state index is 11.6. The lowest BCUT2D eigenvalue weighted by molar-refractivity contribution is -0.122. The van der Waals surface area contributed by atoms with E-state index < -0.39 is 0 Å². The Bertz CT molecular complexity index is 213. The summed E-state index contributed by atoms with van der Waals surface area (Å²) in [5, 5.41) is 2.87. The van der Waals surface area contributed by atoms with Gasteiger partial charge in [0.05, 0.1) is 12.1 Å². The molecule has 1 unspecified atom stereocenters. The summed E-state index contributed by atoms with van der Waals surface area (Å²) in [7, 11) is 0. The summed E-state index contributed by atoms with van der Waals surface area (Å²) in [6.07, 6.45) is 4.24. The van der Waals surface area contributed by atoms with E-state index in [1.54, 1.807) is 0 Å². The molecule has 0 radical (unpaired) electrons. The Hall–Kier alpha value is -0.610. The van der Waals surface area contributed by atoms with Gasteiger partial charge in [0.15, 0.2) is 0 Å². The summed E-state index contributed by atoms with van der Waals surface area (Å²) < 4.78 is 5.48. The highest BCUT2D eigenvalue weighted by atomic mass is 16.5. The molecule has 16 heavy (non-hydrogen) atoms. The molecule has 1 heterocycles. The molecule has 4 nitrogen and oxygen atoms in total. The van der Waals surface area contributed by atoms with Gasteiger partial charge in [0.1, 0.15) is 0 Å². The second-order valence-electron chi connectivity index (χ2n) is 4.95. The SMILES string of the molecule is CC(C)C[C@H](N)C(=O)NCCC1CCCO1. The lowest BCUT2D eigenvalue weighted by Gasteiger charge is -2.15. The van der Waals surface area contributed by atoms with E-state index in [4.69, 9.17) is 10.5 Å². The van der Waals surface area contributed by atoms with E-state index >= 15 is 0 Å². The van der Waals surface area contributed by atoms with E-state index in [1.807, 2.05) is 0 Å². The minimum absolute atomic E-state index is 0.0355. The zero-order valence-corrected chi connectivity index (χ0v) is 10.4. The van der Waals surface area contributed by atoms with E-state index in [0.29, 0.717) is 18.6 Å². The third-order valence-corrected chi connectivity index (χ3v) is 2.85. The normalized spacial score (nSPS) is 22.4. The molecule has 0 spiro atoms. The number of carbonyl (C=O) groups is 1. The number of hydrogen-bond donors (Lipinski definition) is 2. The molecular weight excluding hydrogens is 204 g/mol. The zero-order chi connectivity index (χ0) is 12.0. The number of nitrogens with two attached hydrogens (primary N) is 1. The van der Waals surface area contributed by atoms with Crippen molar-refractivity contribution in [2.24, 2.45) is 11.7 Å². The van der Waals surface area contributed by atoms with Gasteiger partial charge in [-0.2, -0.15) is 0 Å². The van der Waals surface area contributed by atoms with Gasteiger partial charge in [-0.25, -0.2) is 0 Å². The Kier molecular flexibility index (Phi) is 5.77. The molecule has 2 atom stereocenters. The Morgan fingerprint density at radius 1 is 1.56 bits per heavy atom. The maximum atomic E-state index is 11.6. The average Bonchev–Trinajstić information content (AvgIpc) is 2.69. The molecule has 1 aliphatic heterocycles. The molecule has 0 aromatic carbocycles. The number of nitrogens with one attached hydrogen (secondary N) is 1. The molecule has 1 amide bonds. The predicted octanol–water partition coefficient (Wildman–Crippen LogP) is 1.05. The maximum Gasteiger partial charge on any atom is 0.236 e. The van der Waals surface area contributed by atoms with Gasteiger partial charge in [0, 0.05) is 13.2 Å².